The van der Waals surface area contributed by atoms with E-state index in [0.29, 0.717) is 6.54 Å². The van der Waals surface area contributed by atoms with Gasteiger partial charge in [-0.1, -0.05) is 12.5 Å². The van der Waals surface area contributed by atoms with E-state index < -0.39 is 36.5 Å². The Labute approximate surface area is 265 Å². The molecule has 2 aromatic heterocycles. The first-order valence-corrected chi connectivity index (χ1v) is 17.9. The van der Waals surface area contributed by atoms with E-state index in [-0.39, 0.29) is 51.1 Å². The number of nitrogens with zero attached hydrogens (tertiary/aromatic N) is 2. The number of hydrogen-bond donors (Lipinski definition) is 5. The van der Waals surface area contributed by atoms with Crippen molar-refractivity contribution >= 4 is 41.4 Å². The van der Waals surface area contributed by atoms with Gasteiger partial charge < -0.3 is 35.3 Å². The highest BCUT2D eigenvalue weighted by molar-refractivity contribution is 7.70. The van der Waals surface area contributed by atoms with E-state index in [1.807, 2.05) is 20.8 Å². The van der Waals surface area contributed by atoms with Gasteiger partial charge in [0.2, 0.25) is 5.95 Å². The van der Waals surface area contributed by atoms with Gasteiger partial charge in [0.1, 0.15) is 18.3 Å². The number of halogens is 3. The SMILES string of the molecule is CC(C)(C)OC(=O)NCCCCCN[C@H]1CC[C@H](Nc2ncc(C(F)(F)F)c(-c3c[nH]c4c(P(C)(C)=O)c(C(=O)O)ccc34)n2)C1. The molecule has 1 saturated carbocycles. The summed E-state index contributed by atoms with van der Waals surface area (Å²) in [6, 6.07) is 2.86. The molecule has 15 heteroatoms. The number of alkyl carbamates (subject to hydrolysis) is 1. The van der Waals surface area contributed by atoms with Gasteiger partial charge >= 0.3 is 18.2 Å². The standard InChI is InChI=1S/C31H42F3N6O5P/c1-30(2,3)45-29(43)36-14-8-6-7-13-35-18-9-10-19(15-18)39-28-38-17-23(31(32,33)34)24(40-28)22-16-37-25-20(22)11-12-21(27(41)42)26(25)46(4,5)44/h11-12,16-19,35,37H,6-10,13-15H2,1-5H3,(H,36,43)(H,41,42)(H,38,39,40)/t18-,19-/m0/s1. The molecule has 1 aromatic carbocycles. The molecule has 0 aliphatic heterocycles. The summed E-state index contributed by atoms with van der Waals surface area (Å²) < 4.78 is 60.6. The van der Waals surface area contributed by atoms with Crippen molar-refractivity contribution in [3.63, 3.8) is 0 Å². The highest BCUT2D eigenvalue weighted by Crippen LogP contribution is 2.43. The molecule has 46 heavy (non-hydrogen) atoms. The smallest absolute Gasteiger partial charge is 0.419 e. The number of hydrogen-bond acceptors (Lipinski definition) is 8. The molecule has 1 aliphatic carbocycles. The molecule has 5 N–H and O–H groups in total. The first-order chi connectivity index (χ1) is 21.4. The van der Waals surface area contributed by atoms with Crippen LogP contribution in [0.5, 0.6) is 0 Å². The number of rotatable bonds is 12. The number of aromatic nitrogens is 3. The Morgan fingerprint density at radius 2 is 1.78 bits per heavy atom. The third-order valence-corrected chi connectivity index (χ3v) is 9.21. The van der Waals surface area contributed by atoms with Crippen molar-refractivity contribution in [3.05, 3.63) is 35.7 Å². The van der Waals surface area contributed by atoms with Gasteiger partial charge in [-0.2, -0.15) is 13.2 Å². The minimum atomic E-state index is -4.75. The molecule has 2 atom stereocenters. The van der Waals surface area contributed by atoms with Crippen LogP contribution in [0, 0.1) is 0 Å². The lowest BCUT2D eigenvalue weighted by Crippen LogP contribution is -2.33. The number of amides is 1. The van der Waals surface area contributed by atoms with E-state index in [2.05, 4.69) is 30.9 Å². The molecule has 2 heterocycles. The number of H-pyrrole nitrogens is 1. The summed E-state index contributed by atoms with van der Waals surface area (Å²) in [6.45, 7) is 9.62. The highest BCUT2D eigenvalue weighted by atomic mass is 31.2. The maximum absolute atomic E-state index is 14.1. The quantitative estimate of drug-likeness (QED) is 0.112. The van der Waals surface area contributed by atoms with Crippen molar-refractivity contribution in [1.29, 1.82) is 0 Å². The van der Waals surface area contributed by atoms with Crippen LogP contribution in [0.2, 0.25) is 0 Å². The second-order valence-electron chi connectivity index (χ2n) is 13.0. The fourth-order valence-corrected chi connectivity index (χ4v) is 7.17. The summed E-state index contributed by atoms with van der Waals surface area (Å²) in [5.74, 6) is -1.22. The van der Waals surface area contributed by atoms with E-state index in [9.17, 15) is 32.4 Å². The summed E-state index contributed by atoms with van der Waals surface area (Å²) in [5, 5.41) is 19.5. The number of carbonyl (C=O) groups is 2. The molecule has 0 spiro atoms. The zero-order valence-corrected chi connectivity index (χ0v) is 27.6. The van der Waals surface area contributed by atoms with E-state index >= 15 is 0 Å². The van der Waals surface area contributed by atoms with Crippen molar-refractivity contribution < 1.29 is 37.2 Å². The maximum Gasteiger partial charge on any atom is 0.419 e. The highest BCUT2D eigenvalue weighted by Gasteiger charge is 2.37. The number of benzene rings is 1. The average Bonchev–Trinajstić information content (AvgIpc) is 3.56. The number of nitrogens with one attached hydrogen (secondary N) is 4. The van der Waals surface area contributed by atoms with Gasteiger partial charge in [-0.3, -0.25) is 0 Å². The molecular weight excluding hydrogens is 624 g/mol. The summed E-state index contributed by atoms with van der Waals surface area (Å²) in [7, 11) is -3.14. The van der Waals surface area contributed by atoms with Crippen LogP contribution in [0.4, 0.5) is 23.9 Å². The third kappa shape index (κ3) is 9.00. The number of alkyl halides is 3. The molecular formula is C31H42F3N6O5P. The molecule has 1 amide bonds. The summed E-state index contributed by atoms with van der Waals surface area (Å²) >= 11 is 0. The Morgan fingerprint density at radius 1 is 1.09 bits per heavy atom. The number of fused-ring (bicyclic) bond motifs is 1. The average molecular weight is 667 g/mol. The van der Waals surface area contributed by atoms with Crippen molar-refractivity contribution in [2.75, 3.05) is 31.7 Å². The van der Waals surface area contributed by atoms with Crippen LogP contribution in [-0.2, 0) is 15.5 Å². The molecule has 3 aromatic rings. The third-order valence-electron chi connectivity index (χ3n) is 7.67. The Kier molecular flexibility index (Phi) is 10.7. The number of ether oxygens (including phenoxy) is 1. The predicted octanol–water partition coefficient (Wildman–Crippen LogP) is 6.21. The number of aromatic amines is 1. The first kappa shape index (κ1) is 35.2. The maximum atomic E-state index is 14.1. The molecule has 0 radical (unpaired) electrons. The zero-order chi connectivity index (χ0) is 33.9. The molecule has 1 aliphatic rings. The van der Waals surface area contributed by atoms with Crippen molar-refractivity contribution in [2.24, 2.45) is 0 Å². The van der Waals surface area contributed by atoms with Crippen LogP contribution < -0.4 is 21.3 Å². The van der Waals surface area contributed by atoms with Crippen LogP contribution in [0.25, 0.3) is 22.2 Å². The number of aromatic carboxylic acids is 1. The van der Waals surface area contributed by atoms with Crippen molar-refractivity contribution in [1.82, 2.24) is 25.6 Å². The largest absolute Gasteiger partial charge is 0.478 e. The van der Waals surface area contributed by atoms with Crippen LogP contribution in [0.1, 0.15) is 75.2 Å². The molecule has 0 saturated heterocycles. The molecule has 4 rings (SSSR count). The van der Waals surface area contributed by atoms with Gasteiger partial charge in [0.15, 0.2) is 0 Å². The lowest BCUT2D eigenvalue weighted by atomic mass is 10.0. The van der Waals surface area contributed by atoms with E-state index in [1.165, 1.54) is 31.7 Å². The van der Waals surface area contributed by atoms with Crippen LogP contribution in [0.15, 0.2) is 24.5 Å². The summed E-state index contributed by atoms with van der Waals surface area (Å²) in [6.07, 6.45) is 2.03. The van der Waals surface area contributed by atoms with Crippen molar-refractivity contribution in [3.8, 4) is 11.3 Å². The fraction of sp³-hybridized carbons (Fsp3) is 0.548. The van der Waals surface area contributed by atoms with Gasteiger partial charge in [0.05, 0.1) is 16.8 Å². The minimum absolute atomic E-state index is 0.0427. The van der Waals surface area contributed by atoms with Gasteiger partial charge in [-0.15, -0.1) is 0 Å². The van der Waals surface area contributed by atoms with Gasteiger partial charge in [-0.25, -0.2) is 19.6 Å². The predicted molar refractivity (Wildman–Crippen MR) is 172 cm³/mol. The van der Waals surface area contributed by atoms with Crippen LogP contribution in [-0.4, -0.2) is 76.2 Å². The Morgan fingerprint density at radius 3 is 2.43 bits per heavy atom. The number of unbranched alkanes of at least 4 members (excludes halogenated alkanes) is 2. The molecule has 252 valence electrons. The molecule has 11 nitrogen and oxygen atoms in total. The number of anilines is 1. The van der Waals surface area contributed by atoms with Gasteiger partial charge in [0.25, 0.3) is 0 Å². The topological polar surface area (TPSA) is 158 Å². The zero-order valence-electron chi connectivity index (χ0n) is 26.7. The fourth-order valence-electron chi connectivity index (χ4n) is 5.69. The normalized spacial score (nSPS) is 17.3. The summed E-state index contributed by atoms with van der Waals surface area (Å²) in [5.41, 5.74) is -1.79. The Hall–Kier alpha value is -3.64. The second kappa shape index (κ2) is 14.0. The lowest BCUT2D eigenvalue weighted by molar-refractivity contribution is -0.137. The Balaban J connectivity index is 1.40. The number of carbonyl (C=O) groups excluding carboxylic acids is 1. The molecule has 0 unspecified atom stereocenters. The number of carboxylic acid groups (broad SMARTS) is 1. The monoisotopic (exact) mass is 666 g/mol. The second-order valence-corrected chi connectivity index (χ2v) is 16.1. The van der Waals surface area contributed by atoms with Crippen LogP contribution in [0.3, 0.4) is 0 Å². The lowest BCUT2D eigenvalue weighted by Gasteiger charge is -2.19. The van der Waals surface area contributed by atoms with E-state index in [0.717, 1.165) is 51.3 Å². The molecule has 0 bridgehead atoms. The Bertz CT molecular complexity index is 1610. The molecule has 1 fully saturated rings. The summed E-state index contributed by atoms with van der Waals surface area (Å²) in [4.78, 5) is 34.7. The van der Waals surface area contributed by atoms with Gasteiger partial charge in [0, 0.05) is 47.3 Å². The minimum Gasteiger partial charge on any atom is -0.478 e. The van der Waals surface area contributed by atoms with Gasteiger partial charge in [-0.05, 0) is 78.8 Å². The van der Waals surface area contributed by atoms with E-state index in [1.54, 1.807) is 0 Å². The van der Waals surface area contributed by atoms with Crippen molar-refractivity contribution in [2.45, 2.75) is 83.2 Å². The van der Waals surface area contributed by atoms with E-state index in [4.69, 9.17) is 4.74 Å². The number of carboxylic acids is 1. The first-order valence-electron chi connectivity index (χ1n) is 15.3. The van der Waals surface area contributed by atoms with Crippen LogP contribution >= 0.6 is 7.14 Å².